The van der Waals surface area contributed by atoms with Gasteiger partial charge in [-0.05, 0) is 48.9 Å². The Morgan fingerprint density at radius 2 is 1.88 bits per heavy atom. The molecule has 4 nitrogen and oxygen atoms in total. The lowest BCUT2D eigenvalue weighted by atomic mass is 10.1. The number of rotatable bonds is 6. The molecule has 0 aliphatic rings. The minimum atomic E-state index is -3.63. The summed E-state index contributed by atoms with van der Waals surface area (Å²) in [5, 5.41) is 3.30. The normalized spacial score (nSPS) is 12.6. The molecule has 0 saturated carbocycles. The Morgan fingerprint density at radius 1 is 1.21 bits per heavy atom. The van der Waals surface area contributed by atoms with E-state index in [0.717, 1.165) is 17.7 Å². The highest BCUT2D eigenvalue weighted by Gasteiger charge is 2.17. The molecule has 7 heteroatoms. The van der Waals surface area contributed by atoms with Crippen molar-refractivity contribution < 1.29 is 17.6 Å². The van der Waals surface area contributed by atoms with Crippen LogP contribution in [0.1, 0.15) is 24.9 Å². The van der Waals surface area contributed by atoms with Gasteiger partial charge in [-0.2, -0.15) is 0 Å². The third-order valence-electron chi connectivity index (χ3n) is 3.50. The highest BCUT2D eigenvalue weighted by Crippen LogP contribution is 2.18. The van der Waals surface area contributed by atoms with E-state index >= 15 is 0 Å². The van der Waals surface area contributed by atoms with Crippen LogP contribution in [0.25, 0.3) is 0 Å². The molecule has 0 saturated heterocycles. The first-order valence-electron chi connectivity index (χ1n) is 7.31. The zero-order valence-electron chi connectivity index (χ0n) is 13.0. The highest BCUT2D eigenvalue weighted by atomic mass is 35.5. The molecule has 0 aromatic heterocycles. The fourth-order valence-electron chi connectivity index (χ4n) is 2.16. The zero-order chi connectivity index (χ0) is 17.7. The second-order valence-electron chi connectivity index (χ2n) is 5.37. The van der Waals surface area contributed by atoms with Crippen molar-refractivity contribution in [2.75, 3.05) is 5.75 Å². The molecule has 0 fully saturated rings. The van der Waals surface area contributed by atoms with Crippen LogP contribution in [0.3, 0.4) is 0 Å². The molecule has 1 amide bonds. The number of amides is 1. The van der Waals surface area contributed by atoms with Crippen molar-refractivity contribution >= 4 is 27.3 Å². The van der Waals surface area contributed by atoms with Crippen molar-refractivity contribution in [1.29, 1.82) is 0 Å². The third kappa shape index (κ3) is 5.04. The average Bonchev–Trinajstić information content (AvgIpc) is 2.53. The molecule has 0 unspecified atom stereocenters. The van der Waals surface area contributed by atoms with Crippen molar-refractivity contribution in [2.45, 2.75) is 24.3 Å². The van der Waals surface area contributed by atoms with Crippen LogP contribution in [0, 0.1) is 5.82 Å². The summed E-state index contributed by atoms with van der Waals surface area (Å²) in [6.07, 6.45) is -0.176. The van der Waals surface area contributed by atoms with Gasteiger partial charge < -0.3 is 5.32 Å². The lowest BCUT2D eigenvalue weighted by Crippen LogP contribution is -2.28. The highest BCUT2D eigenvalue weighted by molar-refractivity contribution is 7.91. The lowest BCUT2D eigenvalue weighted by Gasteiger charge is -2.14. The van der Waals surface area contributed by atoms with Crippen molar-refractivity contribution in [3.8, 4) is 0 Å². The van der Waals surface area contributed by atoms with E-state index in [4.69, 9.17) is 11.6 Å². The number of benzene rings is 2. The second-order valence-corrected chi connectivity index (χ2v) is 7.91. The van der Waals surface area contributed by atoms with Gasteiger partial charge in [0.15, 0.2) is 9.84 Å². The Balaban J connectivity index is 1.94. The van der Waals surface area contributed by atoms with Gasteiger partial charge in [0.05, 0.1) is 16.7 Å². The van der Waals surface area contributed by atoms with E-state index in [1.54, 1.807) is 25.1 Å². The van der Waals surface area contributed by atoms with Crippen molar-refractivity contribution in [3.05, 3.63) is 64.9 Å². The van der Waals surface area contributed by atoms with Gasteiger partial charge in [0, 0.05) is 11.4 Å². The Kier molecular flexibility index (Phi) is 5.96. The molecule has 1 atom stereocenters. The number of halogens is 2. The van der Waals surface area contributed by atoms with E-state index in [1.807, 2.05) is 6.07 Å². The molecule has 2 aromatic carbocycles. The molecule has 24 heavy (non-hydrogen) atoms. The van der Waals surface area contributed by atoms with Crippen LogP contribution in [0.4, 0.5) is 4.39 Å². The summed E-state index contributed by atoms with van der Waals surface area (Å²) in [4.78, 5) is 12.0. The average molecular weight is 370 g/mol. The van der Waals surface area contributed by atoms with Crippen LogP contribution >= 0.6 is 11.6 Å². The molecule has 0 heterocycles. The topological polar surface area (TPSA) is 63.2 Å². The first-order chi connectivity index (χ1) is 11.3. The lowest BCUT2D eigenvalue weighted by molar-refractivity contribution is -0.121. The smallest absolute Gasteiger partial charge is 0.221 e. The molecule has 0 bridgehead atoms. The first kappa shape index (κ1) is 18.4. The van der Waals surface area contributed by atoms with Gasteiger partial charge >= 0.3 is 0 Å². The van der Waals surface area contributed by atoms with E-state index in [0.29, 0.717) is 5.02 Å². The summed E-state index contributed by atoms with van der Waals surface area (Å²) < 4.78 is 37.1. The number of hydrogen-bond donors (Lipinski definition) is 1. The molecule has 0 aliphatic heterocycles. The van der Waals surface area contributed by atoms with E-state index in [9.17, 15) is 17.6 Å². The fraction of sp³-hybridized carbons (Fsp3) is 0.235. The van der Waals surface area contributed by atoms with Crippen LogP contribution in [0.5, 0.6) is 0 Å². The van der Waals surface area contributed by atoms with Crippen LogP contribution in [-0.2, 0) is 14.6 Å². The van der Waals surface area contributed by atoms with E-state index in [2.05, 4.69) is 5.32 Å². The number of carbonyl (C=O) groups excluding carboxylic acids is 1. The van der Waals surface area contributed by atoms with Crippen molar-refractivity contribution in [3.63, 3.8) is 0 Å². The SMILES string of the molecule is C[C@@H](NC(=O)CCS(=O)(=O)c1ccc(F)cc1)c1cccc(Cl)c1. The van der Waals surface area contributed by atoms with Gasteiger partial charge in [-0.3, -0.25) is 4.79 Å². The number of sulfone groups is 1. The quantitative estimate of drug-likeness (QED) is 0.792. The molecule has 2 aromatic rings. The van der Waals surface area contributed by atoms with Crippen molar-refractivity contribution in [2.24, 2.45) is 0 Å². The molecule has 0 spiro atoms. The summed E-state index contributed by atoms with van der Waals surface area (Å²) in [6.45, 7) is 1.79. The van der Waals surface area contributed by atoms with Crippen LogP contribution in [-0.4, -0.2) is 20.1 Å². The minimum absolute atomic E-state index is 0.000380. The summed E-state index contributed by atoms with van der Waals surface area (Å²) in [7, 11) is -3.63. The van der Waals surface area contributed by atoms with E-state index < -0.39 is 15.7 Å². The summed E-state index contributed by atoms with van der Waals surface area (Å²) >= 11 is 5.91. The Morgan fingerprint density at radius 3 is 2.50 bits per heavy atom. The molecular weight excluding hydrogens is 353 g/mol. The van der Waals surface area contributed by atoms with Crippen LogP contribution in [0.2, 0.25) is 5.02 Å². The summed E-state index contributed by atoms with van der Waals surface area (Å²) in [5.41, 5.74) is 0.831. The van der Waals surface area contributed by atoms with Gasteiger partial charge in [0.1, 0.15) is 5.82 Å². The van der Waals surface area contributed by atoms with Gasteiger partial charge in [-0.15, -0.1) is 0 Å². The van der Waals surface area contributed by atoms with Gasteiger partial charge in [-0.25, -0.2) is 12.8 Å². The van der Waals surface area contributed by atoms with E-state index in [-0.39, 0.29) is 29.0 Å². The maximum atomic E-state index is 12.9. The molecule has 1 N–H and O–H groups in total. The molecule has 0 aliphatic carbocycles. The molecule has 128 valence electrons. The minimum Gasteiger partial charge on any atom is -0.350 e. The van der Waals surface area contributed by atoms with Crippen molar-refractivity contribution in [1.82, 2.24) is 5.32 Å². The van der Waals surface area contributed by atoms with Crippen LogP contribution in [0.15, 0.2) is 53.4 Å². The second kappa shape index (κ2) is 7.77. The predicted molar refractivity (Wildman–Crippen MR) is 91.1 cm³/mol. The zero-order valence-corrected chi connectivity index (χ0v) is 14.6. The van der Waals surface area contributed by atoms with Gasteiger partial charge in [0.25, 0.3) is 0 Å². The maximum Gasteiger partial charge on any atom is 0.221 e. The largest absolute Gasteiger partial charge is 0.350 e. The Labute approximate surface area is 145 Å². The monoisotopic (exact) mass is 369 g/mol. The maximum absolute atomic E-state index is 12.9. The molecule has 0 radical (unpaired) electrons. The summed E-state index contributed by atoms with van der Waals surface area (Å²) in [5.74, 6) is -1.23. The number of hydrogen-bond acceptors (Lipinski definition) is 3. The molecule has 2 rings (SSSR count). The summed E-state index contributed by atoms with van der Waals surface area (Å²) in [6, 6.07) is 11.3. The molecular formula is C17H17ClFNO3S. The fourth-order valence-corrected chi connectivity index (χ4v) is 3.60. The predicted octanol–water partition coefficient (Wildman–Crippen LogP) is 3.52. The van der Waals surface area contributed by atoms with Gasteiger partial charge in [0.2, 0.25) is 5.91 Å². The third-order valence-corrected chi connectivity index (χ3v) is 5.46. The van der Waals surface area contributed by atoms with Gasteiger partial charge in [-0.1, -0.05) is 23.7 Å². The number of nitrogens with one attached hydrogen (secondary N) is 1. The number of carbonyl (C=O) groups is 1. The standard InChI is InChI=1S/C17H17ClFNO3S/c1-12(13-3-2-4-14(18)11-13)20-17(21)9-10-24(22,23)16-7-5-15(19)6-8-16/h2-8,11-12H,9-10H2,1H3,(H,20,21)/t12-/m1/s1. The van der Waals surface area contributed by atoms with E-state index in [1.165, 1.54) is 12.1 Å². The Bertz CT molecular complexity index is 822. The van der Waals surface area contributed by atoms with Crippen LogP contribution < -0.4 is 5.32 Å². The Hall–Kier alpha value is -1.92. The first-order valence-corrected chi connectivity index (χ1v) is 9.34.